The number of thioether (sulfide) groups is 1. The molecule has 0 fully saturated rings. The Morgan fingerprint density at radius 1 is 1.03 bits per heavy atom. The van der Waals surface area contributed by atoms with Crippen molar-refractivity contribution in [1.29, 1.82) is 0 Å². The van der Waals surface area contributed by atoms with Crippen LogP contribution in [0.5, 0.6) is 0 Å². The Labute approximate surface area is 189 Å². The van der Waals surface area contributed by atoms with Crippen molar-refractivity contribution in [1.82, 2.24) is 5.32 Å². The summed E-state index contributed by atoms with van der Waals surface area (Å²) in [6.07, 6.45) is 0. The Bertz CT molecular complexity index is 901. The van der Waals surface area contributed by atoms with Gasteiger partial charge in [0.05, 0.1) is 27.0 Å². The molecular formula is C21H22Cl2N2O4S. The fourth-order valence-corrected chi connectivity index (χ4v) is 3.79. The van der Waals surface area contributed by atoms with Gasteiger partial charge >= 0.3 is 5.97 Å². The van der Waals surface area contributed by atoms with Crippen molar-refractivity contribution in [3.63, 3.8) is 0 Å². The van der Waals surface area contributed by atoms with E-state index in [2.05, 4.69) is 10.6 Å². The molecule has 0 aliphatic heterocycles. The van der Waals surface area contributed by atoms with Gasteiger partial charge in [-0.25, -0.2) is 0 Å². The molecule has 0 heterocycles. The highest BCUT2D eigenvalue weighted by molar-refractivity contribution is 8.00. The Kier molecular flexibility index (Phi) is 9.49. The highest BCUT2D eigenvalue weighted by atomic mass is 35.5. The number of amides is 2. The van der Waals surface area contributed by atoms with E-state index in [1.54, 1.807) is 42.5 Å². The number of hydrogen-bond donors (Lipinski definition) is 2. The average Bonchev–Trinajstić information content (AvgIpc) is 2.70. The van der Waals surface area contributed by atoms with Gasteiger partial charge in [0.2, 0.25) is 0 Å². The molecular weight excluding hydrogens is 447 g/mol. The molecule has 2 rings (SSSR count). The molecule has 2 N–H and O–H groups in total. The molecule has 2 aromatic rings. The van der Waals surface area contributed by atoms with Gasteiger partial charge in [0.1, 0.15) is 0 Å². The standard InChI is InChI=1S/C21H22Cl2N2O4S/c1-13(2)10-24-21(28)14-6-3-4-9-17(14)25-18(26)11-29-19(27)12-30-20-15(22)7-5-8-16(20)23/h3-9,13H,10-12H2,1-2H3,(H,24,28)(H,25,26). The van der Waals surface area contributed by atoms with Crippen molar-refractivity contribution in [2.75, 3.05) is 24.2 Å². The summed E-state index contributed by atoms with van der Waals surface area (Å²) in [5, 5.41) is 6.28. The maximum Gasteiger partial charge on any atom is 0.316 e. The van der Waals surface area contributed by atoms with Crippen LogP contribution >= 0.6 is 35.0 Å². The van der Waals surface area contributed by atoms with Crippen LogP contribution in [-0.4, -0.2) is 36.7 Å². The number of anilines is 1. The number of carbonyl (C=O) groups is 3. The Balaban J connectivity index is 1.86. The molecule has 0 saturated carbocycles. The monoisotopic (exact) mass is 468 g/mol. The number of rotatable bonds is 9. The molecule has 0 spiro atoms. The maximum atomic E-state index is 12.3. The highest BCUT2D eigenvalue weighted by Gasteiger charge is 2.15. The van der Waals surface area contributed by atoms with Gasteiger partial charge in [-0.05, 0) is 30.2 Å². The van der Waals surface area contributed by atoms with E-state index in [1.165, 1.54) is 0 Å². The lowest BCUT2D eigenvalue weighted by Crippen LogP contribution is -2.29. The fraction of sp³-hybridized carbons (Fsp3) is 0.286. The number of carbonyl (C=O) groups excluding carboxylic acids is 3. The molecule has 0 unspecified atom stereocenters. The minimum atomic E-state index is -0.589. The van der Waals surface area contributed by atoms with Crippen molar-refractivity contribution in [2.45, 2.75) is 18.7 Å². The van der Waals surface area contributed by atoms with Crippen LogP contribution in [0.4, 0.5) is 5.69 Å². The van der Waals surface area contributed by atoms with Crippen LogP contribution in [0.15, 0.2) is 47.4 Å². The van der Waals surface area contributed by atoms with Gasteiger partial charge in [-0.1, -0.05) is 55.2 Å². The second kappa shape index (κ2) is 11.8. The summed E-state index contributed by atoms with van der Waals surface area (Å²) in [5.74, 6) is -1.18. The second-order valence-corrected chi connectivity index (χ2v) is 8.50. The zero-order chi connectivity index (χ0) is 22.1. The smallest absolute Gasteiger partial charge is 0.316 e. The van der Waals surface area contributed by atoms with E-state index in [0.29, 0.717) is 38.7 Å². The van der Waals surface area contributed by atoms with E-state index in [9.17, 15) is 14.4 Å². The third-order valence-corrected chi connectivity index (χ3v) is 5.70. The molecule has 0 atom stereocenters. The van der Waals surface area contributed by atoms with Crippen molar-refractivity contribution in [3.05, 3.63) is 58.1 Å². The molecule has 6 nitrogen and oxygen atoms in total. The van der Waals surface area contributed by atoms with Gasteiger partial charge in [-0.2, -0.15) is 0 Å². The summed E-state index contributed by atoms with van der Waals surface area (Å²) in [5.41, 5.74) is 0.679. The molecule has 160 valence electrons. The van der Waals surface area contributed by atoms with Gasteiger partial charge < -0.3 is 15.4 Å². The van der Waals surface area contributed by atoms with E-state index in [0.717, 1.165) is 11.8 Å². The summed E-state index contributed by atoms with van der Waals surface area (Å²) in [6, 6.07) is 11.7. The van der Waals surface area contributed by atoms with Gasteiger partial charge in [-0.3, -0.25) is 14.4 Å². The molecule has 0 saturated heterocycles. The van der Waals surface area contributed by atoms with Crippen LogP contribution < -0.4 is 10.6 Å². The van der Waals surface area contributed by atoms with Crippen LogP contribution in [0, 0.1) is 5.92 Å². The topological polar surface area (TPSA) is 84.5 Å². The molecule has 2 aromatic carbocycles. The van der Waals surface area contributed by atoms with Crippen molar-refractivity contribution in [2.24, 2.45) is 5.92 Å². The van der Waals surface area contributed by atoms with Crippen LogP contribution in [0.3, 0.4) is 0 Å². The first-order valence-corrected chi connectivity index (χ1v) is 10.9. The normalized spacial score (nSPS) is 10.6. The SMILES string of the molecule is CC(C)CNC(=O)c1ccccc1NC(=O)COC(=O)CSc1c(Cl)cccc1Cl. The highest BCUT2D eigenvalue weighted by Crippen LogP contribution is 2.33. The largest absolute Gasteiger partial charge is 0.455 e. The predicted molar refractivity (Wildman–Crippen MR) is 120 cm³/mol. The summed E-state index contributed by atoms with van der Waals surface area (Å²) < 4.78 is 5.00. The minimum absolute atomic E-state index is 0.0507. The summed E-state index contributed by atoms with van der Waals surface area (Å²) >= 11 is 13.2. The molecule has 0 radical (unpaired) electrons. The number of benzene rings is 2. The number of halogens is 2. The number of para-hydroxylation sites is 1. The van der Waals surface area contributed by atoms with E-state index >= 15 is 0 Å². The number of ether oxygens (including phenoxy) is 1. The fourth-order valence-electron chi connectivity index (χ4n) is 2.31. The lowest BCUT2D eigenvalue weighted by atomic mass is 10.1. The Morgan fingerprint density at radius 3 is 2.37 bits per heavy atom. The molecule has 30 heavy (non-hydrogen) atoms. The van der Waals surface area contributed by atoms with E-state index < -0.39 is 18.5 Å². The van der Waals surface area contributed by atoms with Gasteiger partial charge in [0.15, 0.2) is 6.61 Å². The van der Waals surface area contributed by atoms with Gasteiger partial charge in [0, 0.05) is 11.4 Å². The Hall–Kier alpha value is -2.22. The number of esters is 1. The van der Waals surface area contributed by atoms with Crippen molar-refractivity contribution >= 4 is 58.4 Å². The molecule has 0 aromatic heterocycles. The van der Waals surface area contributed by atoms with Crippen LogP contribution in [0.25, 0.3) is 0 Å². The first-order valence-electron chi connectivity index (χ1n) is 9.17. The first-order chi connectivity index (χ1) is 14.3. The minimum Gasteiger partial charge on any atom is -0.455 e. The third kappa shape index (κ3) is 7.55. The second-order valence-electron chi connectivity index (χ2n) is 6.70. The van der Waals surface area contributed by atoms with E-state index in [4.69, 9.17) is 27.9 Å². The predicted octanol–water partition coefficient (Wildman–Crippen LogP) is 4.65. The molecule has 0 aliphatic rings. The zero-order valence-electron chi connectivity index (χ0n) is 16.5. The van der Waals surface area contributed by atoms with E-state index in [-0.39, 0.29) is 11.7 Å². The lowest BCUT2D eigenvalue weighted by molar-refractivity contribution is -0.144. The van der Waals surface area contributed by atoms with Crippen molar-refractivity contribution < 1.29 is 19.1 Å². The van der Waals surface area contributed by atoms with E-state index in [1.807, 2.05) is 13.8 Å². The summed E-state index contributed by atoms with van der Waals surface area (Å²) in [7, 11) is 0. The third-order valence-electron chi connectivity index (χ3n) is 3.73. The first kappa shape index (κ1) is 24.1. The number of hydrogen-bond acceptors (Lipinski definition) is 5. The lowest BCUT2D eigenvalue weighted by Gasteiger charge is -2.12. The van der Waals surface area contributed by atoms with Crippen LogP contribution in [0.1, 0.15) is 24.2 Å². The molecule has 9 heteroatoms. The quantitative estimate of drug-likeness (QED) is 0.413. The molecule has 0 aliphatic carbocycles. The number of nitrogens with one attached hydrogen (secondary N) is 2. The Morgan fingerprint density at radius 2 is 1.70 bits per heavy atom. The molecule has 0 bridgehead atoms. The van der Waals surface area contributed by atoms with Crippen LogP contribution in [0.2, 0.25) is 10.0 Å². The van der Waals surface area contributed by atoms with Gasteiger partial charge in [0.25, 0.3) is 11.8 Å². The summed E-state index contributed by atoms with van der Waals surface area (Å²) in [4.78, 5) is 37.0. The van der Waals surface area contributed by atoms with Gasteiger partial charge in [-0.15, -0.1) is 11.8 Å². The summed E-state index contributed by atoms with van der Waals surface area (Å²) in [6.45, 7) is 4.02. The average molecular weight is 469 g/mol. The molecule has 2 amide bonds. The van der Waals surface area contributed by atoms with Crippen molar-refractivity contribution in [3.8, 4) is 0 Å². The van der Waals surface area contributed by atoms with Crippen LogP contribution in [-0.2, 0) is 14.3 Å². The maximum absolute atomic E-state index is 12.3. The zero-order valence-corrected chi connectivity index (χ0v) is 18.9.